The second-order valence-electron chi connectivity index (χ2n) is 5.65. The van der Waals surface area contributed by atoms with Crippen LogP contribution >= 0.6 is 11.8 Å². The summed E-state index contributed by atoms with van der Waals surface area (Å²) >= 11 is 1.83. The van der Waals surface area contributed by atoms with Gasteiger partial charge in [-0.1, -0.05) is 13.3 Å². The van der Waals surface area contributed by atoms with Crippen molar-refractivity contribution < 1.29 is 0 Å². The first-order chi connectivity index (χ1) is 9.95. The zero-order chi connectivity index (χ0) is 15.6. The predicted octanol–water partition coefficient (Wildman–Crippen LogP) is 1.24. The molecule has 21 heavy (non-hydrogen) atoms. The highest BCUT2D eigenvalue weighted by Crippen LogP contribution is 2.42. The zero-order valence-electron chi connectivity index (χ0n) is 12.9. The quantitative estimate of drug-likeness (QED) is 0.826. The molecule has 1 aliphatic rings. The van der Waals surface area contributed by atoms with Crippen molar-refractivity contribution in [3.8, 4) is 0 Å². The second kappa shape index (κ2) is 6.17. The molecule has 1 heterocycles. The molecule has 1 aromatic rings. The van der Waals surface area contributed by atoms with Crippen molar-refractivity contribution in [2.45, 2.75) is 43.9 Å². The third kappa shape index (κ3) is 2.84. The minimum absolute atomic E-state index is 0.198. The standard InChI is InChI=1S/C14H24N4O2S/c1-4-8-18-11(15)10(12(19)17(2)13(18)20)16-9-14(21-3)6-5-7-14/h16H,4-9,15H2,1-3H3. The van der Waals surface area contributed by atoms with E-state index in [1.165, 1.54) is 18.0 Å². The molecule has 6 nitrogen and oxygen atoms in total. The Morgan fingerprint density at radius 1 is 1.38 bits per heavy atom. The SMILES string of the molecule is CCCn1c(N)c(NCC2(SC)CCC2)c(=O)n(C)c1=O. The topological polar surface area (TPSA) is 82.0 Å². The van der Waals surface area contributed by atoms with E-state index in [4.69, 9.17) is 5.73 Å². The van der Waals surface area contributed by atoms with E-state index in [9.17, 15) is 9.59 Å². The van der Waals surface area contributed by atoms with Gasteiger partial charge in [0.05, 0.1) is 0 Å². The lowest BCUT2D eigenvalue weighted by atomic mass is 9.84. The van der Waals surface area contributed by atoms with Crippen molar-refractivity contribution in [2.75, 3.05) is 23.9 Å². The maximum absolute atomic E-state index is 12.3. The van der Waals surface area contributed by atoms with Gasteiger partial charge in [0.25, 0.3) is 5.56 Å². The van der Waals surface area contributed by atoms with Gasteiger partial charge in [-0.25, -0.2) is 4.79 Å². The van der Waals surface area contributed by atoms with Gasteiger partial charge in [-0.05, 0) is 25.5 Å². The lowest BCUT2D eigenvalue weighted by Crippen LogP contribution is -2.44. The van der Waals surface area contributed by atoms with E-state index in [0.717, 1.165) is 23.8 Å². The predicted molar refractivity (Wildman–Crippen MR) is 89.2 cm³/mol. The first-order valence-electron chi connectivity index (χ1n) is 7.34. The Bertz CT molecular complexity index is 626. The van der Waals surface area contributed by atoms with Crippen molar-refractivity contribution in [1.29, 1.82) is 0 Å². The van der Waals surface area contributed by atoms with Crippen molar-refractivity contribution in [1.82, 2.24) is 9.13 Å². The molecule has 1 saturated carbocycles. The normalized spacial score (nSPS) is 16.5. The number of nitrogens with two attached hydrogens (primary N) is 1. The molecule has 1 fully saturated rings. The molecule has 3 N–H and O–H groups in total. The van der Waals surface area contributed by atoms with Gasteiger partial charge in [0.2, 0.25) is 0 Å². The minimum atomic E-state index is -0.354. The Morgan fingerprint density at radius 2 is 2.05 bits per heavy atom. The van der Waals surface area contributed by atoms with Crippen molar-refractivity contribution in [3.63, 3.8) is 0 Å². The molecule has 0 unspecified atom stereocenters. The number of nitrogen functional groups attached to an aromatic ring is 1. The van der Waals surface area contributed by atoms with Crippen LogP contribution in [0.1, 0.15) is 32.6 Å². The van der Waals surface area contributed by atoms with Crippen LogP contribution in [0.5, 0.6) is 0 Å². The first kappa shape index (κ1) is 16.0. The maximum atomic E-state index is 12.3. The molecule has 0 atom stereocenters. The highest BCUT2D eigenvalue weighted by molar-refractivity contribution is 8.00. The summed E-state index contributed by atoms with van der Waals surface area (Å²) in [7, 11) is 1.50. The van der Waals surface area contributed by atoms with Crippen LogP contribution in [0, 0.1) is 0 Å². The molecule has 2 rings (SSSR count). The lowest BCUT2D eigenvalue weighted by molar-refractivity contribution is 0.379. The number of hydrogen-bond donors (Lipinski definition) is 2. The Hall–Kier alpha value is -1.37. The molecular weight excluding hydrogens is 288 g/mol. The summed E-state index contributed by atoms with van der Waals surface area (Å²) in [6.45, 7) is 3.19. The number of nitrogens with one attached hydrogen (secondary N) is 1. The van der Waals surface area contributed by atoms with E-state index >= 15 is 0 Å². The highest BCUT2D eigenvalue weighted by Gasteiger charge is 2.36. The number of rotatable bonds is 6. The number of aromatic nitrogens is 2. The minimum Gasteiger partial charge on any atom is -0.383 e. The summed E-state index contributed by atoms with van der Waals surface area (Å²) in [5, 5.41) is 3.20. The van der Waals surface area contributed by atoms with E-state index < -0.39 is 0 Å². The number of thioether (sulfide) groups is 1. The van der Waals surface area contributed by atoms with Crippen molar-refractivity contribution in [2.24, 2.45) is 7.05 Å². The van der Waals surface area contributed by atoms with Gasteiger partial charge >= 0.3 is 5.69 Å². The van der Waals surface area contributed by atoms with Crippen LogP contribution in [0.25, 0.3) is 0 Å². The summed E-state index contributed by atoms with van der Waals surface area (Å²) in [6, 6.07) is 0. The molecule has 0 aliphatic heterocycles. The lowest BCUT2D eigenvalue weighted by Gasteiger charge is -2.40. The highest BCUT2D eigenvalue weighted by atomic mass is 32.2. The van der Waals surface area contributed by atoms with Crippen molar-refractivity contribution >= 4 is 23.3 Å². The second-order valence-corrected chi connectivity index (χ2v) is 6.93. The van der Waals surface area contributed by atoms with Gasteiger partial charge in [-0.3, -0.25) is 13.9 Å². The average molecular weight is 312 g/mol. The molecule has 0 bridgehead atoms. The fourth-order valence-corrected chi connectivity index (χ4v) is 3.58. The van der Waals surface area contributed by atoms with Gasteiger partial charge in [0, 0.05) is 24.9 Å². The van der Waals surface area contributed by atoms with Gasteiger partial charge in [0.15, 0.2) is 0 Å². The molecule has 0 aromatic carbocycles. The molecule has 118 valence electrons. The Kier molecular flexibility index (Phi) is 4.70. The third-order valence-electron chi connectivity index (χ3n) is 4.32. The smallest absolute Gasteiger partial charge is 0.332 e. The molecular formula is C14H24N4O2S. The Labute approximate surface area is 128 Å². The fourth-order valence-electron chi connectivity index (χ4n) is 2.66. The summed E-state index contributed by atoms with van der Waals surface area (Å²) in [5.41, 5.74) is 5.70. The van der Waals surface area contributed by atoms with E-state index in [-0.39, 0.29) is 21.8 Å². The van der Waals surface area contributed by atoms with Crippen LogP contribution in [0.3, 0.4) is 0 Å². The van der Waals surface area contributed by atoms with E-state index in [1.54, 1.807) is 0 Å². The first-order valence-corrected chi connectivity index (χ1v) is 8.56. The van der Waals surface area contributed by atoms with E-state index in [0.29, 0.717) is 18.8 Å². The third-order valence-corrected chi connectivity index (χ3v) is 5.73. The van der Waals surface area contributed by atoms with Crippen LogP contribution in [0.15, 0.2) is 9.59 Å². The molecule has 0 amide bonds. The van der Waals surface area contributed by atoms with Crippen LogP contribution in [-0.4, -0.2) is 26.7 Å². The number of hydrogen-bond acceptors (Lipinski definition) is 5. The summed E-state index contributed by atoms with van der Waals surface area (Å²) in [4.78, 5) is 24.4. The monoisotopic (exact) mass is 312 g/mol. The zero-order valence-corrected chi connectivity index (χ0v) is 13.8. The van der Waals surface area contributed by atoms with Gasteiger partial charge in [-0.2, -0.15) is 11.8 Å². The Morgan fingerprint density at radius 3 is 2.52 bits per heavy atom. The van der Waals surface area contributed by atoms with Gasteiger partial charge < -0.3 is 11.1 Å². The number of nitrogens with zero attached hydrogens (tertiary/aromatic N) is 2. The molecule has 0 spiro atoms. The molecule has 0 radical (unpaired) electrons. The van der Waals surface area contributed by atoms with Gasteiger partial charge in [-0.15, -0.1) is 0 Å². The van der Waals surface area contributed by atoms with Crippen molar-refractivity contribution in [3.05, 3.63) is 20.8 Å². The maximum Gasteiger partial charge on any atom is 0.332 e. The summed E-state index contributed by atoms with van der Waals surface area (Å²) in [5.74, 6) is 0.250. The average Bonchev–Trinajstić information content (AvgIpc) is 2.43. The Balaban J connectivity index is 2.34. The summed E-state index contributed by atoms with van der Waals surface area (Å²) < 4.78 is 2.79. The molecule has 1 aliphatic carbocycles. The summed E-state index contributed by atoms with van der Waals surface area (Å²) in [6.07, 6.45) is 6.41. The van der Waals surface area contributed by atoms with Crippen LogP contribution in [0.2, 0.25) is 0 Å². The fraction of sp³-hybridized carbons (Fsp3) is 0.714. The molecule has 1 aromatic heterocycles. The van der Waals surface area contributed by atoms with Gasteiger partial charge in [0.1, 0.15) is 11.5 Å². The van der Waals surface area contributed by atoms with Crippen LogP contribution in [0.4, 0.5) is 11.5 Å². The molecule has 7 heteroatoms. The van der Waals surface area contributed by atoms with E-state index in [2.05, 4.69) is 11.6 Å². The number of anilines is 2. The largest absolute Gasteiger partial charge is 0.383 e. The van der Waals surface area contributed by atoms with E-state index in [1.807, 2.05) is 18.7 Å². The van der Waals surface area contributed by atoms with Crippen LogP contribution < -0.4 is 22.3 Å². The van der Waals surface area contributed by atoms with Crippen LogP contribution in [-0.2, 0) is 13.6 Å². The molecule has 0 saturated heterocycles.